The monoisotopic (exact) mass is 391 g/mol. The minimum absolute atomic E-state index is 0.0349. The van der Waals surface area contributed by atoms with Gasteiger partial charge in [0.15, 0.2) is 0 Å². The van der Waals surface area contributed by atoms with Gasteiger partial charge in [-0.3, -0.25) is 4.79 Å². The number of hydrogen-bond donors (Lipinski definition) is 1. The first kappa shape index (κ1) is 20.8. The Morgan fingerprint density at radius 1 is 1.07 bits per heavy atom. The second-order valence-corrected chi connectivity index (χ2v) is 6.63. The van der Waals surface area contributed by atoms with E-state index in [0.717, 1.165) is 0 Å². The number of rotatable bonds is 10. The number of ether oxygens (including phenoxy) is 2. The van der Waals surface area contributed by atoms with E-state index in [1.165, 1.54) is 24.3 Å². The molecule has 1 atom stereocenters. The molecular formula is C20H22FNO4S. The van der Waals surface area contributed by atoms with Crippen molar-refractivity contribution < 1.29 is 23.5 Å². The van der Waals surface area contributed by atoms with Crippen LogP contribution in [-0.4, -0.2) is 43.1 Å². The fraction of sp³-hybridized carbons (Fsp3) is 0.300. The highest BCUT2D eigenvalue weighted by Gasteiger charge is 2.22. The molecule has 0 bridgehead atoms. The van der Waals surface area contributed by atoms with Crippen LogP contribution in [0.3, 0.4) is 0 Å². The largest absolute Gasteiger partial charge is 0.490 e. The van der Waals surface area contributed by atoms with Crippen molar-refractivity contribution in [1.29, 1.82) is 0 Å². The molecule has 0 spiro atoms. The molecule has 0 saturated heterocycles. The van der Waals surface area contributed by atoms with E-state index in [0.29, 0.717) is 23.5 Å². The van der Waals surface area contributed by atoms with E-state index >= 15 is 0 Å². The van der Waals surface area contributed by atoms with E-state index in [-0.39, 0.29) is 24.9 Å². The number of carbonyl (C=O) groups excluding carboxylic acids is 2. The Hall–Kier alpha value is -2.54. The first-order valence-corrected chi connectivity index (χ1v) is 9.89. The van der Waals surface area contributed by atoms with Gasteiger partial charge in [0, 0.05) is 5.56 Å². The number of amides is 1. The van der Waals surface area contributed by atoms with Crippen LogP contribution in [0.2, 0.25) is 0 Å². The van der Waals surface area contributed by atoms with Gasteiger partial charge in [-0.05, 0) is 54.8 Å². The van der Waals surface area contributed by atoms with Gasteiger partial charge >= 0.3 is 5.97 Å². The van der Waals surface area contributed by atoms with Crippen LogP contribution in [0.4, 0.5) is 4.39 Å². The molecule has 0 aliphatic carbocycles. The molecule has 1 N–H and O–H groups in total. The van der Waals surface area contributed by atoms with Crippen LogP contribution in [-0.2, 0) is 9.53 Å². The number of benzene rings is 2. The topological polar surface area (TPSA) is 64.6 Å². The first-order valence-electron chi connectivity index (χ1n) is 8.50. The van der Waals surface area contributed by atoms with Crippen molar-refractivity contribution in [2.75, 3.05) is 25.2 Å². The molecule has 0 saturated carbocycles. The lowest BCUT2D eigenvalue weighted by atomic mass is 10.1. The normalized spacial score (nSPS) is 11.5. The zero-order valence-corrected chi connectivity index (χ0v) is 15.8. The highest BCUT2D eigenvalue weighted by atomic mass is 32.2. The Morgan fingerprint density at radius 2 is 1.78 bits per heavy atom. The average Bonchev–Trinajstić information content (AvgIpc) is 2.70. The van der Waals surface area contributed by atoms with Crippen molar-refractivity contribution in [3.63, 3.8) is 0 Å². The van der Waals surface area contributed by atoms with Crippen molar-refractivity contribution in [3.05, 3.63) is 66.0 Å². The van der Waals surface area contributed by atoms with Crippen LogP contribution >= 0.6 is 11.8 Å². The van der Waals surface area contributed by atoms with Gasteiger partial charge in [-0.15, -0.1) is 0 Å². The Kier molecular flexibility index (Phi) is 8.64. The van der Waals surface area contributed by atoms with E-state index in [1.807, 2.05) is 12.3 Å². The van der Waals surface area contributed by atoms with Gasteiger partial charge in [0.05, 0.1) is 0 Å². The molecule has 2 aromatic carbocycles. The number of hydrogen-bond acceptors (Lipinski definition) is 5. The number of nitrogens with one attached hydrogen (secondary N) is 1. The number of thioether (sulfide) groups is 1. The average molecular weight is 391 g/mol. The molecule has 0 heterocycles. The summed E-state index contributed by atoms with van der Waals surface area (Å²) in [6.45, 7) is 0.173. The molecule has 1 amide bonds. The Bertz CT molecular complexity index is 725. The summed E-state index contributed by atoms with van der Waals surface area (Å²) in [5, 5.41) is 2.72. The zero-order valence-electron chi connectivity index (χ0n) is 15.0. The predicted molar refractivity (Wildman–Crippen MR) is 104 cm³/mol. The molecule has 0 radical (unpaired) electrons. The quantitative estimate of drug-likeness (QED) is 0.497. The second kappa shape index (κ2) is 11.2. The van der Waals surface area contributed by atoms with E-state index in [2.05, 4.69) is 5.32 Å². The van der Waals surface area contributed by atoms with Crippen LogP contribution < -0.4 is 10.1 Å². The van der Waals surface area contributed by atoms with E-state index in [4.69, 9.17) is 9.47 Å². The Balaban J connectivity index is 1.82. The molecule has 27 heavy (non-hydrogen) atoms. The summed E-state index contributed by atoms with van der Waals surface area (Å²) in [4.78, 5) is 24.6. The van der Waals surface area contributed by atoms with Crippen molar-refractivity contribution in [2.45, 2.75) is 12.5 Å². The minimum Gasteiger partial charge on any atom is -0.490 e. The van der Waals surface area contributed by atoms with Crippen LogP contribution in [0.25, 0.3) is 0 Å². The van der Waals surface area contributed by atoms with Gasteiger partial charge in [-0.2, -0.15) is 11.8 Å². The maximum atomic E-state index is 12.8. The molecule has 0 fully saturated rings. The summed E-state index contributed by atoms with van der Waals surface area (Å²) in [6.07, 6.45) is 2.40. The van der Waals surface area contributed by atoms with Crippen molar-refractivity contribution in [3.8, 4) is 5.75 Å². The first-order chi connectivity index (χ1) is 13.1. The summed E-state index contributed by atoms with van der Waals surface area (Å²) in [5.74, 6) is 0.0292. The molecule has 7 heteroatoms. The maximum Gasteiger partial charge on any atom is 0.328 e. The van der Waals surface area contributed by atoms with Gasteiger partial charge in [-0.1, -0.05) is 18.2 Å². The molecule has 2 aromatic rings. The molecule has 5 nitrogen and oxygen atoms in total. The van der Waals surface area contributed by atoms with Crippen molar-refractivity contribution in [2.24, 2.45) is 0 Å². The van der Waals surface area contributed by atoms with Crippen molar-refractivity contribution in [1.82, 2.24) is 5.32 Å². The minimum atomic E-state index is -0.726. The van der Waals surface area contributed by atoms with Crippen LogP contribution in [0.1, 0.15) is 16.8 Å². The smallest absolute Gasteiger partial charge is 0.328 e. The molecule has 144 valence electrons. The summed E-state index contributed by atoms with van der Waals surface area (Å²) < 4.78 is 23.4. The van der Waals surface area contributed by atoms with Crippen LogP contribution in [0.15, 0.2) is 54.6 Å². The molecule has 0 aliphatic heterocycles. The molecular weight excluding hydrogens is 369 g/mol. The SMILES string of the molecule is CSCC[C@H](NC(=O)c1ccccc1)C(=O)OCCOc1ccc(F)cc1. The van der Waals surface area contributed by atoms with Gasteiger partial charge in [0.1, 0.15) is 30.8 Å². The zero-order chi connectivity index (χ0) is 19.5. The van der Waals surface area contributed by atoms with E-state index in [9.17, 15) is 14.0 Å². The van der Waals surface area contributed by atoms with Gasteiger partial charge in [0.25, 0.3) is 5.91 Å². The molecule has 0 aromatic heterocycles. The highest BCUT2D eigenvalue weighted by molar-refractivity contribution is 7.98. The summed E-state index contributed by atoms with van der Waals surface area (Å²) in [6, 6.07) is 13.6. The lowest BCUT2D eigenvalue weighted by Crippen LogP contribution is -2.42. The van der Waals surface area contributed by atoms with Crippen LogP contribution in [0, 0.1) is 5.82 Å². The van der Waals surface area contributed by atoms with E-state index in [1.54, 1.807) is 36.0 Å². The fourth-order valence-corrected chi connectivity index (χ4v) is 2.72. The number of esters is 1. The van der Waals surface area contributed by atoms with Gasteiger partial charge in [-0.25, -0.2) is 9.18 Å². The maximum absolute atomic E-state index is 12.8. The Morgan fingerprint density at radius 3 is 2.44 bits per heavy atom. The fourth-order valence-electron chi connectivity index (χ4n) is 2.25. The number of carbonyl (C=O) groups is 2. The summed E-state index contributed by atoms with van der Waals surface area (Å²) in [5.41, 5.74) is 0.485. The molecule has 2 rings (SSSR count). The lowest BCUT2D eigenvalue weighted by molar-refractivity contribution is -0.146. The third-order valence-electron chi connectivity index (χ3n) is 3.65. The Labute approximate surface area is 162 Å². The predicted octanol–water partition coefficient (Wildman–Crippen LogP) is 3.30. The van der Waals surface area contributed by atoms with E-state index < -0.39 is 12.0 Å². The molecule has 0 unspecified atom stereocenters. The lowest BCUT2D eigenvalue weighted by Gasteiger charge is -2.17. The third-order valence-corrected chi connectivity index (χ3v) is 4.29. The second-order valence-electron chi connectivity index (χ2n) is 5.64. The summed E-state index contributed by atoms with van der Waals surface area (Å²) >= 11 is 1.58. The van der Waals surface area contributed by atoms with Gasteiger partial charge in [0.2, 0.25) is 0 Å². The van der Waals surface area contributed by atoms with Crippen molar-refractivity contribution >= 4 is 23.6 Å². The number of halogens is 1. The standard InChI is InChI=1S/C20H22FNO4S/c1-27-14-11-18(22-19(23)15-5-3-2-4-6-15)20(24)26-13-12-25-17-9-7-16(21)8-10-17/h2-10,18H,11-14H2,1H3,(H,22,23)/t18-/m0/s1. The summed E-state index contributed by atoms with van der Waals surface area (Å²) in [7, 11) is 0. The highest BCUT2D eigenvalue weighted by Crippen LogP contribution is 2.11. The molecule has 0 aliphatic rings. The van der Waals surface area contributed by atoms with Crippen LogP contribution in [0.5, 0.6) is 5.75 Å². The third kappa shape index (κ3) is 7.30. The van der Waals surface area contributed by atoms with Gasteiger partial charge < -0.3 is 14.8 Å².